The third-order valence-corrected chi connectivity index (χ3v) is 19.3. The summed E-state index contributed by atoms with van der Waals surface area (Å²) in [6.07, 6.45) is 51.2. The number of phosphoric acid groups is 2. The number of aliphatic hydroxyl groups is 1. The van der Waals surface area contributed by atoms with Crippen LogP contribution in [0.1, 0.15) is 382 Å². The molecule has 94 heavy (non-hydrogen) atoms. The Morgan fingerprint density at radius 3 is 0.723 bits per heavy atom. The average Bonchev–Trinajstić information content (AvgIpc) is 1.26. The molecule has 5 atom stereocenters. The summed E-state index contributed by atoms with van der Waals surface area (Å²) in [4.78, 5) is 72.8. The van der Waals surface area contributed by atoms with Crippen molar-refractivity contribution in [3.05, 3.63) is 0 Å². The second kappa shape index (κ2) is 65.7. The van der Waals surface area contributed by atoms with Crippen LogP contribution in [0.15, 0.2) is 0 Å². The highest BCUT2D eigenvalue weighted by atomic mass is 31.2. The molecular weight excluding hydrogens is 1230 g/mol. The van der Waals surface area contributed by atoms with Crippen LogP contribution < -0.4 is 0 Å². The summed E-state index contributed by atoms with van der Waals surface area (Å²) in [6.45, 7) is 11.9. The lowest BCUT2D eigenvalue weighted by molar-refractivity contribution is -0.161. The summed E-state index contributed by atoms with van der Waals surface area (Å²) < 4.78 is 68.5. The number of aliphatic hydroxyl groups excluding tert-OH is 1. The maximum atomic E-state index is 13.1. The van der Waals surface area contributed by atoms with Crippen molar-refractivity contribution in [2.75, 3.05) is 39.6 Å². The van der Waals surface area contributed by atoms with Gasteiger partial charge in [-0.25, -0.2) is 9.13 Å². The summed E-state index contributed by atoms with van der Waals surface area (Å²) >= 11 is 0. The summed E-state index contributed by atoms with van der Waals surface area (Å²) in [5.74, 6) is 0.158. The molecule has 0 aromatic rings. The number of unbranched alkanes of at least 4 members (excludes halogenated alkanes) is 41. The first-order valence-corrected chi connectivity index (χ1v) is 41.8. The molecule has 0 saturated carbocycles. The van der Waals surface area contributed by atoms with Crippen LogP contribution in [0.5, 0.6) is 0 Å². The number of carbonyl (C=O) groups excluding carboxylic acids is 4. The fourth-order valence-electron chi connectivity index (χ4n) is 11.4. The van der Waals surface area contributed by atoms with E-state index in [-0.39, 0.29) is 25.7 Å². The molecule has 2 unspecified atom stereocenters. The monoisotopic (exact) mass is 1380 g/mol. The van der Waals surface area contributed by atoms with Gasteiger partial charge in [-0.2, -0.15) is 0 Å². The minimum atomic E-state index is -4.96. The summed E-state index contributed by atoms with van der Waals surface area (Å²) in [6, 6.07) is 0. The lowest BCUT2D eigenvalue weighted by atomic mass is 10.0. The van der Waals surface area contributed by atoms with E-state index in [1.807, 2.05) is 0 Å². The molecule has 0 aromatic carbocycles. The Morgan fingerprint density at radius 1 is 0.287 bits per heavy atom. The van der Waals surface area contributed by atoms with Crippen molar-refractivity contribution >= 4 is 39.5 Å². The van der Waals surface area contributed by atoms with Crippen molar-refractivity contribution in [2.45, 2.75) is 401 Å². The Balaban J connectivity index is 5.27. The van der Waals surface area contributed by atoms with Crippen LogP contribution in [0.4, 0.5) is 0 Å². The molecule has 0 fully saturated rings. The molecule has 0 aliphatic rings. The van der Waals surface area contributed by atoms with Gasteiger partial charge in [-0.15, -0.1) is 0 Å². The Kier molecular flexibility index (Phi) is 64.3. The minimum Gasteiger partial charge on any atom is -0.462 e. The fraction of sp³-hybridized carbons (Fsp3) is 0.947. The van der Waals surface area contributed by atoms with E-state index in [1.54, 1.807) is 0 Å². The van der Waals surface area contributed by atoms with Crippen molar-refractivity contribution < 1.29 is 80.2 Å². The molecule has 0 bridgehead atoms. The zero-order chi connectivity index (χ0) is 69.4. The highest BCUT2D eigenvalue weighted by Crippen LogP contribution is 2.45. The Hall–Kier alpha value is -1.94. The molecule has 0 spiro atoms. The maximum absolute atomic E-state index is 13.1. The van der Waals surface area contributed by atoms with Crippen molar-refractivity contribution in [3.8, 4) is 0 Å². The van der Waals surface area contributed by atoms with Crippen LogP contribution in [-0.4, -0.2) is 96.7 Å². The minimum absolute atomic E-state index is 0.106. The lowest BCUT2D eigenvalue weighted by Crippen LogP contribution is -2.30. The summed E-state index contributed by atoms with van der Waals surface area (Å²) in [5.41, 5.74) is 0. The van der Waals surface area contributed by atoms with Gasteiger partial charge in [0.25, 0.3) is 0 Å². The SMILES string of the molecule is CCCCCCCCCCCCCCCCC(=O)OC[C@H](COP(=O)(O)OC[C@@H](O)COP(=O)(O)OC[C@@H](COC(=O)CCCCCCCCCCCCC(C)C)OC(=O)CCCCCCCCCCCCC(C)C)OC(=O)CCCCCCCCCCCCCC(C)C. The number of rotatable bonds is 73. The molecule has 0 saturated heterocycles. The number of hydrogen-bond donors (Lipinski definition) is 3. The van der Waals surface area contributed by atoms with E-state index >= 15 is 0 Å². The molecule has 0 radical (unpaired) electrons. The second-order valence-electron chi connectivity index (χ2n) is 28.5. The number of hydrogen-bond acceptors (Lipinski definition) is 15. The average molecular weight is 1380 g/mol. The van der Waals surface area contributed by atoms with Crippen molar-refractivity contribution in [1.82, 2.24) is 0 Å². The van der Waals surface area contributed by atoms with Gasteiger partial charge in [0.05, 0.1) is 26.4 Å². The van der Waals surface area contributed by atoms with Gasteiger partial charge >= 0.3 is 39.5 Å². The van der Waals surface area contributed by atoms with Crippen LogP contribution in [0.3, 0.4) is 0 Å². The predicted molar refractivity (Wildman–Crippen MR) is 381 cm³/mol. The molecule has 0 heterocycles. The molecule has 558 valence electrons. The van der Waals surface area contributed by atoms with Crippen molar-refractivity contribution in [3.63, 3.8) is 0 Å². The van der Waals surface area contributed by atoms with Gasteiger partial charge in [0.2, 0.25) is 0 Å². The Bertz CT molecular complexity index is 1840. The number of ether oxygens (including phenoxy) is 4. The van der Waals surface area contributed by atoms with Gasteiger partial charge in [0.1, 0.15) is 19.3 Å². The summed E-state index contributed by atoms with van der Waals surface area (Å²) in [5, 5.41) is 10.6. The lowest BCUT2D eigenvalue weighted by Gasteiger charge is -2.21. The van der Waals surface area contributed by atoms with Gasteiger partial charge < -0.3 is 33.8 Å². The second-order valence-corrected chi connectivity index (χ2v) is 31.4. The van der Waals surface area contributed by atoms with E-state index in [0.29, 0.717) is 25.7 Å². The zero-order valence-electron chi connectivity index (χ0n) is 61.4. The zero-order valence-corrected chi connectivity index (χ0v) is 63.2. The number of carbonyl (C=O) groups is 4. The smallest absolute Gasteiger partial charge is 0.462 e. The van der Waals surface area contributed by atoms with Gasteiger partial charge in [0.15, 0.2) is 12.2 Å². The van der Waals surface area contributed by atoms with Crippen LogP contribution in [-0.2, 0) is 65.4 Å². The highest BCUT2D eigenvalue weighted by Gasteiger charge is 2.30. The van der Waals surface area contributed by atoms with Crippen molar-refractivity contribution in [2.24, 2.45) is 17.8 Å². The molecule has 17 nitrogen and oxygen atoms in total. The maximum Gasteiger partial charge on any atom is 0.472 e. The predicted octanol–water partition coefficient (Wildman–Crippen LogP) is 21.8. The normalized spacial score (nSPS) is 14.1. The summed E-state index contributed by atoms with van der Waals surface area (Å²) in [7, 11) is -9.91. The fourth-order valence-corrected chi connectivity index (χ4v) is 13.0. The number of esters is 4. The molecule has 0 rings (SSSR count). The molecule has 0 aliphatic heterocycles. The van der Waals surface area contributed by atoms with Gasteiger partial charge in [-0.3, -0.25) is 37.3 Å². The van der Waals surface area contributed by atoms with Gasteiger partial charge in [-0.1, -0.05) is 331 Å². The van der Waals surface area contributed by atoms with Gasteiger partial charge in [0, 0.05) is 25.7 Å². The standard InChI is InChI=1S/C75H146O17P2/c1-8-9-10-11-12-13-14-15-16-19-28-35-42-49-56-72(77)85-62-70(91-74(79)58-51-44-37-30-20-17-18-25-32-39-46-53-66(2)3)64-89-93(81,82)87-60-69(76)61-88-94(83,84)90-65-71(92-75(80)59-52-45-38-31-24-22-27-34-41-48-55-68(6)7)63-86-73(78)57-50-43-36-29-23-21-26-33-40-47-54-67(4)5/h66-71,76H,8-65H2,1-7H3,(H,81,82)(H,83,84)/t69-,70-,71-/m1/s1. The van der Waals surface area contributed by atoms with E-state index in [9.17, 15) is 43.2 Å². The van der Waals surface area contributed by atoms with Gasteiger partial charge in [-0.05, 0) is 43.4 Å². The number of phosphoric ester groups is 2. The first-order valence-electron chi connectivity index (χ1n) is 38.8. The van der Waals surface area contributed by atoms with Crippen LogP contribution in [0, 0.1) is 17.8 Å². The highest BCUT2D eigenvalue weighted by molar-refractivity contribution is 7.47. The first kappa shape index (κ1) is 92.1. The van der Waals surface area contributed by atoms with E-state index in [0.717, 1.165) is 108 Å². The molecular formula is C75H146O17P2. The Morgan fingerprint density at radius 2 is 0.489 bits per heavy atom. The quantitative estimate of drug-likeness (QED) is 0.0222. The Labute approximate surface area is 575 Å². The van der Waals surface area contributed by atoms with E-state index in [1.165, 1.54) is 193 Å². The van der Waals surface area contributed by atoms with Crippen LogP contribution in [0.2, 0.25) is 0 Å². The molecule has 3 N–H and O–H groups in total. The third-order valence-electron chi connectivity index (χ3n) is 17.4. The van der Waals surface area contributed by atoms with E-state index < -0.39 is 97.5 Å². The van der Waals surface area contributed by atoms with E-state index in [4.69, 9.17) is 37.0 Å². The van der Waals surface area contributed by atoms with E-state index in [2.05, 4.69) is 48.5 Å². The van der Waals surface area contributed by atoms with Crippen molar-refractivity contribution in [1.29, 1.82) is 0 Å². The molecule has 0 amide bonds. The molecule has 0 aliphatic carbocycles. The topological polar surface area (TPSA) is 237 Å². The molecule has 0 aromatic heterocycles. The third kappa shape index (κ3) is 68.6. The molecule has 19 heteroatoms. The first-order chi connectivity index (χ1) is 45.2. The van der Waals surface area contributed by atoms with Crippen LogP contribution in [0.25, 0.3) is 0 Å². The van der Waals surface area contributed by atoms with Crippen LogP contribution >= 0.6 is 15.6 Å². The largest absolute Gasteiger partial charge is 0.472 e.